The molecule has 35 heavy (non-hydrogen) atoms. The summed E-state index contributed by atoms with van der Waals surface area (Å²) < 4.78 is 11.1. The highest BCUT2D eigenvalue weighted by Gasteiger charge is 2.37. The monoisotopic (exact) mass is 472 g/mol. The molecule has 8 heteroatoms. The van der Waals surface area contributed by atoms with Crippen molar-refractivity contribution in [2.75, 3.05) is 25.0 Å². The van der Waals surface area contributed by atoms with Gasteiger partial charge in [-0.25, -0.2) is 9.78 Å². The number of aromatic nitrogens is 2. The number of nitrogens with one attached hydrogen (secondary N) is 2. The number of Topliss-reactive ketones (excluding diaryl/α,β-unsaturated/α-hetero) is 1. The first kappa shape index (κ1) is 22.9. The molecule has 0 radical (unpaired) electrons. The van der Waals surface area contributed by atoms with E-state index < -0.39 is 11.8 Å². The summed E-state index contributed by atoms with van der Waals surface area (Å²) in [6.07, 6.45) is 7.55. The lowest BCUT2D eigenvalue weighted by Gasteiger charge is -2.17. The maximum atomic E-state index is 13.2. The Bertz CT molecular complexity index is 1350. The van der Waals surface area contributed by atoms with E-state index in [0.29, 0.717) is 5.65 Å². The molecule has 2 N–H and O–H groups in total. The number of esters is 1. The maximum absolute atomic E-state index is 13.2. The van der Waals surface area contributed by atoms with Crippen molar-refractivity contribution >= 4 is 34.5 Å². The molecule has 180 valence electrons. The van der Waals surface area contributed by atoms with Crippen LogP contribution in [0.25, 0.3) is 17.1 Å². The SMILES string of the molecule is CCOC(=O)C1=C(Nc2ccc(CN3CCCC3)cc2C)O/C(=C\c2c[nH]c3ncccc23)C1=O. The number of nitrogens with zero attached hydrogens (tertiary/aromatic N) is 2. The third-order valence-corrected chi connectivity index (χ3v) is 6.28. The number of pyridine rings is 1. The molecule has 0 saturated carbocycles. The predicted molar refractivity (Wildman–Crippen MR) is 133 cm³/mol. The number of benzene rings is 1. The van der Waals surface area contributed by atoms with E-state index in [9.17, 15) is 9.59 Å². The maximum Gasteiger partial charge on any atom is 0.347 e. The molecular formula is C27H28N4O4. The lowest BCUT2D eigenvalue weighted by Crippen LogP contribution is -2.18. The van der Waals surface area contributed by atoms with Gasteiger partial charge in [-0.3, -0.25) is 9.69 Å². The Morgan fingerprint density at radius 1 is 1.29 bits per heavy atom. The van der Waals surface area contributed by atoms with Crippen molar-refractivity contribution in [1.82, 2.24) is 14.9 Å². The van der Waals surface area contributed by atoms with Crippen molar-refractivity contribution in [3.63, 3.8) is 0 Å². The first-order chi connectivity index (χ1) is 17.0. The highest BCUT2D eigenvalue weighted by molar-refractivity contribution is 6.26. The van der Waals surface area contributed by atoms with Gasteiger partial charge < -0.3 is 19.8 Å². The number of carbonyl (C=O) groups is 2. The van der Waals surface area contributed by atoms with Gasteiger partial charge in [0.1, 0.15) is 5.65 Å². The smallest absolute Gasteiger partial charge is 0.347 e. The molecule has 2 aliphatic rings. The first-order valence-corrected chi connectivity index (χ1v) is 11.9. The van der Waals surface area contributed by atoms with Crippen LogP contribution in [0.3, 0.4) is 0 Å². The van der Waals surface area contributed by atoms with Crippen molar-refractivity contribution in [3.05, 3.63) is 76.6 Å². The summed E-state index contributed by atoms with van der Waals surface area (Å²) in [5.74, 6) is -1.11. The molecule has 0 bridgehead atoms. The lowest BCUT2D eigenvalue weighted by atomic mass is 10.1. The highest BCUT2D eigenvalue weighted by Crippen LogP contribution is 2.31. The van der Waals surface area contributed by atoms with Crippen LogP contribution in [0.4, 0.5) is 5.69 Å². The molecule has 0 unspecified atom stereocenters. The van der Waals surface area contributed by atoms with Crippen molar-refractivity contribution < 1.29 is 19.1 Å². The van der Waals surface area contributed by atoms with Gasteiger partial charge in [0, 0.05) is 35.6 Å². The standard InChI is InChI=1S/C27H28N4O4/c1-3-34-27(33)23-24(32)22(14-19-15-29-25-20(19)7-6-10-28-25)35-26(23)30-21-9-8-18(13-17(21)2)16-31-11-4-5-12-31/h6-10,13-15,30H,3-5,11-12,16H2,1-2H3,(H,28,29)/b22-14-. The van der Waals surface area contributed by atoms with Gasteiger partial charge in [0.2, 0.25) is 11.7 Å². The second-order valence-corrected chi connectivity index (χ2v) is 8.77. The number of likely N-dealkylation sites (tertiary alicyclic amines) is 1. The van der Waals surface area contributed by atoms with Gasteiger partial charge in [-0.1, -0.05) is 12.1 Å². The second-order valence-electron chi connectivity index (χ2n) is 8.77. The number of anilines is 1. The summed E-state index contributed by atoms with van der Waals surface area (Å²) in [7, 11) is 0. The minimum atomic E-state index is -0.715. The van der Waals surface area contributed by atoms with E-state index in [0.717, 1.165) is 41.8 Å². The zero-order valence-electron chi connectivity index (χ0n) is 19.9. The number of aromatic amines is 1. The van der Waals surface area contributed by atoms with Gasteiger partial charge >= 0.3 is 5.97 Å². The Hall–Kier alpha value is -3.91. The Kier molecular flexibility index (Phi) is 6.37. The summed E-state index contributed by atoms with van der Waals surface area (Å²) in [5, 5.41) is 4.00. The average molecular weight is 473 g/mol. The predicted octanol–water partition coefficient (Wildman–Crippen LogP) is 4.29. The quantitative estimate of drug-likeness (QED) is 0.301. The van der Waals surface area contributed by atoms with E-state index in [2.05, 4.69) is 32.3 Å². The van der Waals surface area contributed by atoms with Crippen LogP contribution < -0.4 is 5.32 Å². The van der Waals surface area contributed by atoms with Gasteiger partial charge in [0.05, 0.1) is 6.61 Å². The number of H-pyrrole nitrogens is 1. The molecule has 1 aromatic carbocycles. The van der Waals surface area contributed by atoms with Gasteiger partial charge in [0.15, 0.2) is 11.3 Å². The van der Waals surface area contributed by atoms with Crippen LogP contribution in [0.15, 0.2) is 59.9 Å². The van der Waals surface area contributed by atoms with Gasteiger partial charge in [-0.05, 0) is 75.2 Å². The number of hydrogen-bond donors (Lipinski definition) is 2. The molecule has 2 aromatic heterocycles. The summed E-state index contributed by atoms with van der Waals surface area (Å²) >= 11 is 0. The van der Waals surface area contributed by atoms with E-state index in [1.165, 1.54) is 18.4 Å². The molecule has 8 nitrogen and oxygen atoms in total. The van der Waals surface area contributed by atoms with Crippen LogP contribution in [-0.2, 0) is 25.6 Å². The van der Waals surface area contributed by atoms with Gasteiger partial charge in [0.25, 0.3) is 0 Å². The van der Waals surface area contributed by atoms with Crippen LogP contribution in [0.1, 0.15) is 36.5 Å². The molecule has 0 amide bonds. The summed E-state index contributed by atoms with van der Waals surface area (Å²) in [5.41, 5.74) is 4.28. The third kappa shape index (κ3) is 4.70. The Morgan fingerprint density at radius 3 is 2.89 bits per heavy atom. The van der Waals surface area contributed by atoms with Crippen molar-refractivity contribution in [3.8, 4) is 0 Å². The normalized spacial score (nSPS) is 17.4. The number of rotatable bonds is 7. The second kappa shape index (κ2) is 9.76. The molecule has 0 atom stereocenters. The van der Waals surface area contributed by atoms with Crippen LogP contribution in [0.2, 0.25) is 0 Å². The van der Waals surface area contributed by atoms with E-state index in [4.69, 9.17) is 9.47 Å². The number of hydrogen-bond acceptors (Lipinski definition) is 7. The molecule has 3 aromatic rings. The van der Waals surface area contributed by atoms with Crippen molar-refractivity contribution in [2.45, 2.75) is 33.2 Å². The molecule has 0 aliphatic carbocycles. The molecule has 1 fully saturated rings. The Balaban J connectivity index is 1.42. The topological polar surface area (TPSA) is 96.6 Å². The first-order valence-electron chi connectivity index (χ1n) is 11.9. The molecule has 0 spiro atoms. The fourth-order valence-corrected chi connectivity index (χ4v) is 4.53. The molecule has 5 rings (SSSR count). The molecule has 4 heterocycles. The van der Waals surface area contributed by atoms with E-state index in [-0.39, 0.29) is 23.8 Å². The number of carbonyl (C=O) groups excluding carboxylic acids is 2. The minimum Gasteiger partial charge on any atom is -0.462 e. The number of ether oxygens (including phenoxy) is 2. The average Bonchev–Trinajstić information content (AvgIpc) is 3.57. The largest absolute Gasteiger partial charge is 0.462 e. The summed E-state index contributed by atoms with van der Waals surface area (Å²) in [6, 6.07) is 9.86. The minimum absolute atomic E-state index is 0.0450. The highest BCUT2D eigenvalue weighted by atomic mass is 16.5. The zero-order chi connectivity index (χ0) is 24.4. The number of fused-ring (bicyclic) bond motifs is 1. The van der Waals surface area contributed by atoms with Crippen LogP contribution >= 0.6 is 0 Å². The fraction of sp³-hybridized carbons (Fsp3) is 0.296. The van der Waals surface area contributed by atoms with E-state index >= 15 is 0 Å². The van der Waals surface area contributed by atoms with Crippen LogP contribution in [0, 0.1) is 6.92 Å². The van der Waals surface area contributed by atoms with Gasteiger partial charge in [-0.15, -0.1) is 0 Å². The third-order valence-electron chi connectivity index (χ3n) is 6.28. The van der Waals surface area contributed by atoms with E-state index in [1.54, 1.807) is 25.4 Å². The fourth-order valence-electron chi connectivity index (χ4n) is 4.53. The zero-order valence-corrected chi connectivity index (χ0v) is 19.9. The number of aryl methyl sites for hydroxylation is 1. The molecule has 1 saturated heterocycles. The van der Waals surface area contributed by atoms with Crippen LogP contribution in [0.5, 0.6) is 0 Å². The number of allylic oxidation sites excluding steroid dienone is 1. The lowest BCUT2D eigenvalue weighted by molar-refractivity contribution is -0.139. The summed E-state index contributed by atoms with van der Waals surface area (Å²) in [4.78, 5) is 35.7. The molecule has 2 aliphatic heterocycles. The Morgan fingerprint density at radius 2 is 2.11 bits per heavy atom. The van der Waals surface area contributed by atoms with Crippen molar-refractivity contribution in [1.29, 1.82) is 0 Å². The van der Waals surface area contributed by atoms with Crippen LogP contribution in [-0.4, -0.2) is 46.3 Å². The molecular weight excluding hydrogens is 444 g/mol. The Labute approximate surface area is 203 Å². The number of ketones is 1. The van der Waals surface area contributed by atoms with Gasteiger partial charge in [-0.2, -0.15) is 0 Å². The summed E-state index contributed by atoms with van der Waals surface area (Å²) in [6.45, 7) is 7.02. The van der Waals surface area contributed by atoms with Crippen molar-refractivity contribution in [2.24, 2.45) is 0 Å². The van der Waals surface area contributed by atoms with E-state index in [1.807, 2.05) is 25.1 Å².